The van der Waals surface area contributed by atoms with Crippen molar-refractivity contribution in [1.29, 1.82) is 0 Å². The molecule has 1 aromatic carbocycles. The van der Waals surface area contributed by atoms with Crippen molar-refractivity contribution in [1.82, 2.24) is 14.8 Å². The number of likely N-dealkylation sites (N-methyl/N-ethyl adjacent to an activating group) is 1. The second-order valence-corrected chi connectivity index (χ2v) is 6.06. The molecule has 0 atom stereocenters. The Labute approximate surface area is 134 Å². The van der Waals surface area contributed by atoms with Crippen molar-refractivity contribution in [3.8, 4) is 5.75 Å². The minimum Gasteiger partial charge on any atom is -0.508 e. The Hall–Kier alpha value is -2.12. The first-order valence-electron chi connectivity index (χ1n) is 6.92. The highest BCUT2D eigenvalue weighted by atomic mass is 32.1. The maximum absolute atomic E-state index is 12.4. The SMILES string of the molecule is CN(C)CCN(Cc1cccc(O)c1)C(=O)Nc1nccs1. The third-order valence-electron chi connectivity index (χ3n) is 3.03. The third kappa shape index (κ3) is 5.01. The van der Waals surface area contributed by atoms with Crippen LogP contribution >= 0.6 is 11.3 Å². The second-order valence-electron chi connectivity index (χ2n) is 5.16. The van der Waals surface area contributed by atoms with Crippen molar-refractivity contribution in [2.45, 2.75) is 6.54 Å². The molecule has 118 valence electrons. The van der Waals surface area contributed by atoms with Crippen LogP contribution in [-0.4, -0.2) is 53.1 Å². The number of nitrogens with zero attached hydrogens (tertiary/aromatic N) is 3. The van der Waals surface area contributed by atoms with E-state index < -0.39 is 0 Å². The zero-order chi connectivity index (χ0) is 15.9. The number of urea groups is 1. The van der Waals surface area contributed by atoms with Crippen LogP contribution in [0.5, 0.6) is 5.75 Å². The standard InChI is InChI=1S/C15H20N4O2S/c1-18(2)7-8-19(11-12-4-3-5-13(20)10-12)15(21)17-14-16-6-9-22-14/h3-6,9-10,20H,7-8,11H2,1-2H3,(H,16,17,21). The van der Waals surface area contributed by atoms with E-state index in [1.54, 1.807) is 29.3 Å². The van der Waals surface area contributed by atoms with E-state index in [1.165, 1.54) is 11.3 Å². The summed E-state index contributed by atoms with van der Waals surface area (Å²) in [4.78, 5) is 20.2. The van der Waals surface area contributed by atoms with Gasteiger partial charge in [-0.3, -0.25) is 5.32 Å². The number of aromatic hydroxyl groups is 1. The molecule has 0 aliphatic heterocycles. The first-order valence-corrected chi connectivity index (χ1v) is 7.80. The molecule has 1 aromatic heterocycles. The largest absolute Gasteiger partial charge is 0.508 e. The average Bonchev–Trinajstić information content (AvgIpc) is 2.96. The average molecular weight is 320 g/mol. The summed E-state index contributed by atoms with van der Waals surface area (Å²) in [6, 6.07) is 6.75. The molecule has 0 fully saturated rings. The summed E-state index contributed by atoms with van der Waals surface area (Å²) >= 11 is 1.38. The van der Waals surface area contributed by atoms with Gasteiger partial charge in [-0.15, -0.1) is 11.3 Å². The maximum Gasteiger partial charge on any atom is 0.323 e. The first kappa shape index (κ1) is 16.3. The molecular weight excluding hydrogens is 300 g/mol. The van der Waals surface area contributed by atoms with Crippen LogP contribution in [0.2, 0.25) is 0 Å². The lowest BCUT2D eigenvalue weighted by Gasteiger charge is -2.24. The number of rotatable bonds is 6. The zero-order valence-electron chi connectivity index (χ0n) is 12.7. The molecule has 2 aromatic rings. The fraction of sp³-hybridized carbons (Fsp3) is 0.333. The molecule has 22 heavy (non-hydrogen) atoms. The van der Waals surface area contributed by atoms with Gasteiger partial charge in [-0.1, -0.05) is 12.1 Å². The van der Waals surface area contributed by atoms with E-state index in [1.807, 2.05) is 30.4 Å². The van der Waals surface area contributed by atoms with Crippen LogP contribution in [0.15, 0.2) is 35.8 Å². The van der Waals surface area contributed by atoms with Crippen LogP contribution in [-0.2, 0) is 6.54 Å². The number of phenolic OH excluding ortho intramolecular Hbond substituents is 1. The molecule has 7 heteroatoms. The Kier molecular flexibility index (Phi) is 5.74. The van der Waals surface area contributed by atoms with Gasteiger partial charge in [-0.2, -0.15) is 0 Å². The van der Waals surface area contributed by atoms with Crippen LogP contribution in [0.3, 0.4) is 0 Å². The summed E-state index contributed by atoms with van der Waals surface area (Å²) in [5.41, 5.74) is 0.882. The van der Waals surface area contributed by atoms with Gasteiger partial charge in [0.1, 0.15) is 5.75 Å². The van der Waals surface area contributed by atoms with E-state index >= 15 is 0 Å². The van der Waals surface area contributed by atoms with E-state index in [9.17, 15) is 9.90 Å². The molecule has 0 bridgehead atoms. The van der Waals surface area contributed by atoms with Crippen LogP contribution in [0.1, 0.15) is 5.56 Å². The summed E-state index contributed by atoms with van der Waals surface area (Å²) in [6.45, 7) is 1.77. The Morgan fingerprint density at radius 3 is 2.82 bits per heavy atom. The molecular formula is C15H20N4O2S. The Balaban J connectivity index is 2.05. The minimum absolute atomic E-state index is 0.194. The van der Waals surface area contributed by atoms with Gasteiger partial charge in [0.05, 0.1) is 0 Å². The number of nitrogens with one attached hydrogen (secondary N) is 1. The monoisotopic (exact) mass is 320 g/mol. The van der Waals surface area contributed by atoms with Gasteiger partial charge in [-0.25, -0.2) is 9.78 Å². The molecule has 1 heterocycles. The number of benzene rings is 1. The van der Waals surface area contributed by atoms with Crippen molar-refractivity contribution < 1.29 is 9.90 Å². The fourth-order valence-corrected chi connectivity index (χ4v) is 2.42. The molecule has 6 nitrogen and oxygen atoms in total. The molecule has 0 unspecified atom stereocenters. The lowest BCUT2D eigenvalue weighted by molar-refractivity contribution is 0.202. The van der Waals surface area contributed by atoms with Crippen molar-refractivity contribution in [3.63, 3.8) is 0 Å². The lowest BCUT2D eigenvalue weighted by Crippen LogP contribution is -2.38. The Morgan fingerprint density at radius 1 is 1.36 bits per heavy atom. The Morgan fingerprint density at radius 2 is 2.18 bits per heavy atom. The molecule has 2 N–H and O–H groups in total. The first-order chi connectivity index (χ1) is 10.5. The fourth-order valence-electron chi connectivity index (χ4n) is 1.90. The van der Waals surface area contributed by atoms with E-state index in [2.05, 4.69) is 10.3 Å². The number of hydrogen-bond acceptors (Lipinski definition) is 5. The molecule has 0 aliphatic carbocycles. The number of hydrogen-bond donors (Lipinski definition) is 2. The van der Waals surface area contributed by atoms with Crippen molar-refractivity contribution >= 4 is 22.5 Å². The van der Waals surface area contributed by atoms with Gasteiger partial charge in [0, 0.05) is 31.2 Å². The number of phenols is 1. The topological polar surface area (TPSA) is 68.7 Å². The number of thiazole rings is 1. The van der Waals surface area contributed by atoms with Gasteiger partial charge in [0.25, 0.3) is 0 Å². The van der Waals surface area contributed by atoms with Crippen LogP contribution in [0.25, 0.3) is 0 Å². The summed E-state index contributed by atoms with van der Waals surface area (Å²) in [6.07, 6.45) is 1.65. The highest BCUT2D eigenvalue weighted by Crippen LogP contribution is 2.15. The van der Waals surface area contributed by atoms with Crippen molar-refractivity contribution in [3.05, 3.63) is 41.4 Å². The van der Waals surface area contributed by atoms with E-state index in [0.717, 1.165) is 12.1 Å². The minimum atomic E-state index is -0.194. The molecule has 0 saturated heterocycles. The zero-order valence-corrected chi connectivity index (χ0v) is 13.5. The molecule has 0 radical (unpaired) electrons. The van der Waals surface area contributed by atoms with Gasteiger partial charge in [0.15, 0.2) is 5.13 Å². The number of carbonyl (C=O) groups is 1. The summed E-state index contributed by atoms with van der Waals surface area (Å²) in [5, 5.41) is 14.7. The van der Waals surface area contributed by atoms with Crippen LogP contribution in [0, 0.1) is 0 Å². The number of amides is 2. The van der Waals surface area contributed by atoms with Gasteiger partial charge >= 0.3 is 6.03 Å². The normalized spacial score (nSPS) is 10.7. The molecule has 0 aliphatic rings. The number of aromatic nitrogens is 1. The summed E-state index contributed by atoms with van der Waals surface area (Å²) in [7, 11) is 3.93. The van der Waals surface area contributed by atoms with Crippen molar-refractivity contribution in [2.75, 3.05) is 32.5 Å². The quantitative estimate of drug-likeness (QED) is 0.858. The third-order valence-corrected chi connectivity index (χ3v) is 3.72. The van der Waals surface area contributed by atoms with E-state index in [-0.39, 0.29) is 11.8 Å². The van der Waals surface area contributed by atoms with E-state index in [4.69, 9.17) is 0 Å². The van der Waals surface area contributed by atoms with E-state index in [0.29, 0.717) is 18.2 Å². The summed E-state index contributed by atoms with van der Waals surface area (Å²) < 4.78 is 0. The van der Waals surface area contributed by atoms with Crippen LogP contribution < -0.4 is 5.32 Å². The predicted molar refractivity (Wildman–Crippen MR) is 88.2 cm³/mol. The second kappa shape index (κ2) is 7.77. The smallest absolute Gasteiger partial charge is 0.323 e. The maximum atomic E-state index is 12.4. The Bertz CT molecular complexity index is 601. The number of carbonyl (C=O) groups excluding carboxylic acids is 1. The molecule has 0 saturated carbocycles. The van der Waals surface area contributed by atoms with Crippen LogP contribution in [0.4, 0.5) is 9.93 Å². The van der Waals surface area contributed by atoms with Crippen molar-refractivity contribution in [2.24, 2.45) is 0 Å². The molecule has 2 rings (SSSR count). The molecule has 2 amide bonds. The van der Waals surface area contributed by atoms with Gasteiger partial charge in [0.2, 0.25) is 0 Å². The van der Waals surface area contributed by atoms with Gasteiger partial charge < -0.3 is 14.9 Å². The predicted octanol–water partition coefficient (Wildman–Crippen LogP) is 2.44. The highest BCUT2D eigenvalue weighted by Gasteiger charge is 2.15. The lowest BCUT2D eigenvalue weighted by atomic mass is 10.2. The number of anilines is 1. The highest BCUT2D eigenvalue weighted by molar-refractivity contribution is 7.13. The summed E-state index contributed by atoms with van der Waals surface area (Å²) in [5.74, 6) is 0.199. The molecule has 0 spiro atoms. The van der Waals surface area contributed by atoms with Gasteiger partial charge in [-0.05, 0) is 31.8 Å².